The molecule has 1 N–H and O–H groups in total. The third-order valence-electron chi connectivity index (χ3n) is 1.58. The molecule has 0 fully saturated rings. The van der Waals surface area contributed by atoms with Crippen LogP contribution in [0.1, 0.15) is 5.56 Å². The van der Waals surface area contributed by atoms with Gasteiger partial charge in [-0.3, -0.25) is 5.43 Å². The van der Waals surface area contributed by atoms with Crippen LogP contribution in [0.3, 0.4) is 0 Å². The molecule has 1 heterocycles. The predicted octanol–water partition coefficient (Wildman–Crippen LogP) is 1.73. The number of anilines is 1. The van der Waals surface area contributed by atoms with E-state index < -0.39 is 0 Å². The fourth-order valence-electron chi connectivity index (χ4n) is 1.04. The number of para-hydroxylation sites is 1. The predicted molar refractivity (Wildman–Crippen MR) is 53.3 cm³/mol. The van der Waals surface area contributed by atoms with Gasteiger partial charge in [-0.2, -0.15) is 5.10 Å². The van der Waals surface area contributed by atoms with Gasteiger partial charge in [-0.15, -0.1) is 0 Å². The van der Waals surface area contributed by atoms with Crippen molar-refractivity contribution < 1.29 is 0 Å². The van der Waals surface area contributed by atoms with Crippen LogP contribution in [0.2, 0.25) is 0 Å². The van der Waals surface area contributed by atoms with Crippen LogP contribution in [-0.4, -0.2) is 35.8 Å². The number of fused-ring (bicyclic) bond motifs is 1. The Bertz CT molecular complexity index is 318. The van der Waals surface area contributed by atoms with Gasteiger partial charge in [0.1, 0.15) is 0 Å². The molecule has 0 spiro atoms. The van der Waals surface area contributed by atoms with E-state index in [2.05, 4.69) is 10.5 Å². The van der Waals surface area contributed by atoms with Crippen LogP contribution in [0.25, 0.3) is 6.08 Å². The summed E-state index contributed by atoms with van der Waals surface area (Å²) in [6.45, 7) is 0. The number of nitrogens with one attached hydrogen (secondary N) is 1. The average molecular weight is 167 g/mol. The second kappa shape index (κ2) is 4.45. The summed E-state index contributed by atoms with van der Waals surface area (Å²) in [6.07, 6.45) is 5.68. The zero-order valence-corrected chi connectivity index (χ0v) is 8.99. The van der Waals surface area contributed by atoms with Gasteiger partial charge >= 0.3 is 0 Å². The van der Waals surface area contributed by atoms with Crippen molar-refractivity contribution in [3.05, 3.63) is 35.9 Å². The van der Waals surface area contributed by atoms with Crippen molar-refractivity contribution in [2.45, 2.75) is 0 Å². The van der Waals surface area contributed by atoms with E-state index in [9.17, 15) is 0 Å². The number of benzene rings is 1. The Morgan fingerprint density at radius 2 is 2.00 bits per heavy atom. The first-order valence-corrected chi connectivity index (χ1v) is 3.51. The molecule has 0 atom stereocenters. The molecule has 1 aromatic rings. The van der Waals surface area contributed by atoms with Gasteiger partial charge in [-0.05, 0) is 17.7 Å². The van der Waals surface area contributed by atoms with Crippen molar-refractivity contribution >= 4 is 47.5 Å². The van der Waals surface area contributed by atoms with E-state index >= 15 is 0 Å². The molecule has 0 aromatic heterocycles. The van der Waals surface area contributed by atoms with Gasteiger partial charge in [0.25, 0.3) is 0 Å². The summed E-state index contributed by atoms with van der Waals surface area (Å²) >= 11 is 0. The number of rotatable bonds is 0. The molecular weight excluding hydrogens is 159 g/mol. The first-order chi connectivity index (χ1) is 5.47. The SMILES string of the molecule is C1=Cc2ccccc2NN=C1.[Na]. The molecule has 0 aliphatic carbocycles. The van der Waals surface area contributed by atoms with Gasteiger partial charge in [-0.1, -0.05) is 24.3 Å². The molecule has 3 heteroatoms. The second-order valence-corrected chi connectivity index (χ2v) is 2.34. The van der Waals surface area contributed by atoms with Crippen LogP contribution in [0, 0.1) is 0 Å². The van der Waals surface area contributed by atoms with E-state index in [4.69, 9.17) is 0 Å². The maximum absolute atomic E-state index is 3.95. The first kappa shape index (κ1) is 9.52. The summed E-state index contributed by atoms with van der Waals surface area (Å²) in [5.74, 6) is 0. The molecule has 1 aliphatic rings. The first-order valence-electron chi connectivity index (χ1n) is 3.51. The summed E-state index contributed by atoms with van der Waals surface area (Å²) in [6, 6.07) is 8.05. The quantitative estimate of drug-likeness (QED) is 0.584. The van der Waals surface area contributed by atoms with Gasteiger partial charge < -0.3 is 0 Å². The topological polar surface area (TPSA) is 24.4 Å². The smallest absolute Gasteiger partial charge is 0.0634 e. The Kier molecular flexibility index (Phi) is 3.53. The van der Waals surface area contributed by atoms with E-state index in [1.54, 1.807) is 6.21 Å². The van der Waals surface area contributed by atoms with Gasteiger partial charge in [-0.25, -0.2) is 0 Å². The van der Waals surface area contributed by atoms with Crippen molar-refractivity contribution in [2.24, 2.45) is 5.10 Å². The van der Waals surface area contributed by atoms with Gasteiger partial charge in [0, 0.05) is 35.8 Å². The van der Waals surface area contributed by atoms with Gasteiger partial charge in [0.05, 0.1) is 5.69 Å². The van der Waals surface area contributed by atoms with E-state index in [0.29, 0.717) is 0 Å². The van der Waals surface area contributed by atoms with Crippen LogP contribution in [0.5, 0.6) is 0 Å². The molecule has 0 unspecified atom stereocenters. The van der Waals surface area contributed by atoms with Gasteiger partial charge in [0.15, 0.2) is 0 Å². The minimum Gasteiger partial charge on any atom is -0.278 e. The molecule has 55 valence electrons. The van der Waals surface area contributed by atoms with Crippen LogP contribution < -0.4 is 5.43 Å². The number of allylic oxidation sites excluding steroid dienone is 1. The van der Waals surface area contributed by atoms with E-state index in [0.717, 1.165) is 5.69 Å². The number of hydrazone groups is 1. The Balaban J connectivity index is 0.000000720. The van der Waals surface area contributed by atoms with Crippen molar-refractivity contribution in [2.75, 3.05) is 5.43 Å². The largest absolute Gasteiger partial charge is 0.278 e. The van der Waals surface area contributed by atoms with E-state index in [1.807, 2.05) is 36.4 Å². The molecule has 0 saturated carbocycles. The Hall–Kier alpha value is -0.570. The summed E-state index contributed by atoms with van der Waals surface area (Å²) < 4.78 is 0. The minimum absolute atomic E-state index is 0. The molecule has 0 saturated heterocycles. The van der Waals surface area contributed by atoms with Crippen LogP contribution >= 0.6 is 0 Å². The fourth-order valence-corrected chi connectivity index (χ4v) is 1.04. The summed E-state index contributed by atoms with van der Waals surface area (Å²) in [5, 5.41) is 3.95. The van der Waals surface area contributed by atoms with Crippen molar-refractivity contribution in [1.82, 2.24) is 0 Å². The summed E-state index contributed by atoms with van der Waals surface area (Å²) in [5.41, 5.74) is 5.16. The summed E-state index contributed by atoms with van der Waals surface area (Å²) in [4.78, 5) is 0. The van der Waals surface area contributed by atoms with Crippen molar-refractivity contribution in [3.8, 4) is 0 Å². The van der Waals surface area contributed by atoms with Gasteiger partial charge in [0.2, 0.25) is 0 Å². The second-order valence-electron chi connectivity index (χ2n) is 2.34. The van der Waals surface area contributed by atoms with Crippen LogP contribution in [0.4, 0.5) is 5.69 Å². The Labute approximate surface area is 93.7 Å². The standard InChI is InChI=1S/C9H8N2.Na/c1-2-6-9-8(4-1)5-3-7-10-11-9;/h1-7,11H;. The van der Waals surface area contributed by atoms with Crippen LogP contribution in [0.15, 0.2) is 35.4 Å². The van der Waals surface area contributed by atoms with Crippen LogP contribution in [-0.2, 0) is 0 Å². The Morgan fingerprint density at radius 3 is 2.92 bits per heavy atom. The molecule has 0 bridgehead atoms. The molecule has 1 aliphatic heterocycles. The third-order valence-corrected chi connectivity index (χ3v) is 1.58. The molecule has 2 nitrogen and oxygen atoms in total. The third kappa shape index (κ3) is 1.97. The van der Waals surface area contributed by atoms with Crippen molar-refractivity contribution in [1.29, 1.82) is 0 Å². The maximum Gasteiger partial charge on any atom is 0.0634 e. The molecule has 1 aromatic carbocycles. The molecule has 12 heavy (non-hydrogen) atoms. The van der Waals surface area contributed by atoms with E-state index in [1.165, 1.54) is 5.56 Å². The molecular formula is C9H8N2Na. The minimum atomic E-state index is 0. The summed E-state index contributed by atoms with van der Waals surface area (Å²) in [7, 11) is 0. The van der Waals surface area contributed by atoms with E-state index in [-0.39, 0.29) is 29.6 Å². The normalized spacial score (nSPS) is 12.3. The molecule has 2 rings (SSSR count). The zero-order valence-electron chi connectivity index (χ0n) is 6.99. The average Bonchev–Trinajstić information content (AvgIpc) is 2.28. The molecule has 1 radical (unpaired) electrons. The monoisotopic (exact) mass is 167 g/mol. The zero-order chi connectivity index (χ0) is 7.52. The fraction of sp³-hybridized carbons (Fsp3) is 0. The number of nitrogens with zero attached hydrogens (tertiary/aromatic N) is 1. The molecule has 0 amide bonds. The maximum atomic E-state index is 3.95. The van der Waals surface area contributed by atoms with Crippen molar-refractivity contribution in [3.63, 3.8) is 0 Å². The number of hydrogen-bond donors (Lipinski definition) is 1. The Morgan fingerprint density at radius 1 is 1.17 bits per heavy atom. The number of hydrogen-bond acceptors (Lipinski definition) is 2.